The highest BCUT2D eigenvalue weighted by Crippen LogP contribution is 2.08. The highest BCUT2D eigenvalue weighted by molar-refractivity contribution is 6.99. The first-order valence-corrected chi connectivity index (χ1v) is 5.35. The summed E-state index contributed by atoms with van der Waals surface area (Å²) in [4.78, 5) is 11.8. The summed E-state index contributed by atoms with van der Waals surface area (Å²) < 4.78 is 7.88. The van der Waals surface area contributed by atoms with Gasteiger partial charge in [0.25, 0.3) is 0 Å². The summed E-state index contributed by atoms with van der Waals surface area (Å²) >= 11 is 1.13. The largest absolute Gasteiger partial charge is 0.294 e. The van der Waals surface area contributed by atoms with Gasteiger partial charge in [-0.3, -0.25) is 4.79 Å². The van der Waals surface area contributed by atoms with E-state index in [0.29, 0.717) is 6.42 Å². The van der Waals surface area contributed by atoms with E-state index in [0.717, 1.165) is 28.5 Å². The van der Waals surface area contributed by atoms with Crippen molar-refractivity contribution >= 4 is 17.5 Å². The van der Waals surface area contributed by atoms with Crippen LogP contribution in [0.4, 0.5) is 0 Å². The Morgan fingerprint density at radius 1 is 1.47 bits per heavy atom. The summed E-state index contributed by atoms with van der Waals surface area (Å²) in [7, 11) is 0. The molecule has 0 N–H and O–H groups in total. The van der Waals surface area contributed by atoms with Crippen LogP contribution in [0.3, 0.4) is 0 Å². The molecule has 1 heterocycles. The molecule has 0 aliphatic carbocycles. The third kappa shape index (κ3) is 2.47. The number of carbonyl (C=O) groups is 1. The molecule has 0 saturated carbocycles. The van der Waals surface area contributed by atoms with E-state index in [-0.39, 0.29) is 5.78 Å². The molecule has 0 unspecified atom stereocenters. The molecule has 1 aromatic heterocycles. The molecule has 76 valence electrons. The zero-order chi connectivity index (χ0) is 10.7. The second-order valence-electron chi connectivity index (χ2n) is 3.37. The molecule has 4 heteroatoms. The Balaban J connectivity index is 2.15. The molecule has 0 atom stereocenters. The number of rotatable bonds is 3. The van der Waals surface area contributed by atoms with Gasteiger partial charge in [-0.05, 0) is 13.0 Å². The Kier molecular flexibility index (Phi) is 2.87. The topological polar surface area (TPSA) is 42.9 Å². The molecule has 2 aromatic rings. The van der Waals surface area contributed by atoms with Crippen molar-refractivity contribution in [3.8, 4) is 0 Å². The maximum absolute atomic E-state index is 11.8. The highest BCUT2D eigenvalue weighted by atomic mass is 32.1. The number of hydrogen-bond donors (Lipinski definition) is 0. The van der Waals surface area contributed by atoms with Crippen molar-refractivity contribution in [3.05, 3.63) is 47.3 Å². The number of ketones is 1. The van der Waals surface area contributed by atoms with E-state index in [1.54, 1.807) is 6.20 Å². The van der Waals surface area contributed by atoms with Gasteiger partial charge in [-0.2, -0.15) is 8.75 Å². The van der Waals surface area contributed by atoms with E-state index in [9.17, 15) is 4.79 Å². The van der Waals surface area contributed by atoms with Crippen molar-refractivity contribution in [3.63, 3.8) is 0 Å². The smallest absolute Gasteiger partial charge is 0.168 e. The first-order valence-electron chi connectivity index (χ1n) is 4.62. The fraction of sp³-hybridized carbons (Fsp3) is 0.182. The minimum atomic E-state index is 0.0893. The van der Waals surface area contributed by atoms with Crippen LogP contribution >= 0.6 is 11.7 Å². The molecule has 3 nitrogen and oxygen atoms in total. The first kappa shape index (κ1) is 9.98. The predicted molar refractivity (Wildman–Crippen MR) is 59.1 cm³/mol. The lowest BCUT2D eigenvalue weighted by molar-refractivity contribution is 0.0992. The van der Waals surface area contributed by atoms with Crippen LogP contribution in [0.5, 0.6) is 0 Å². The first-order chi connectivity index (χ1) is 7.25. The van der Waals surface area contributed by atoms with Gasteiger partial charge in [-0.25, -0.2) is 0 Å². The number of benzene rings is 1. The normalized spacial score (nSPS) is 10.2. The van der Waals surface area contributed by atoms with Crippen LogP contribution in [0.2, 0.25) is 0 Å². The molecular weight excluding hydrogens is 208 g/mol. The quantitative estimate of drug-likeness (QED) is 0.742. The molecule has 0 aliphatic rings. The van der Waals surface area contributed by atoms with Gasteiger partial charge in [0.1, 0.15) is 0 Å². The monoisotopic (exact) mass is 218 g/mol. The maximum atomic E-state index is 11.8. The number of aryl methyl sites for hydroxylation is 1. The van der Waals surface area contributed by atoms with E-state index < -0.39 is 0 Å². The minimum Gasteiger partial charge on any atom is -0.294 e. The van der Waals surface area contributed by atoms with Crippen LogP contribution < -0.4 is 0 Å². The van der Waals surface area contributed by atoms with Gasteiger partial charge in [-0.15, -0.1) is 0 Å². The maximum Gasteiger partial charge on any atom is 0.168 e. The summed E-state index contributed by atoms with van der Waals surface area (Å²) in [5.74, 6) is 0.0893. The molecule has 0 aliphatic heterocycles. The van der Waals surface area contributed by atoms with E-state index in [2.05, 4.69) is 8.75 Å². The molecule has 0 amide bonds. The van der Waals surface area contributed by atoms with Gasteiger partial charge in [0.05, 0.1) is 30.0 Å². The molecule has 15 heavy (non-hydrogen) atoms. The third-order valence-corrected chi connectivity index (χ3v) is 2.60. The number of nitrogens with zero attached hydrogens (tertiary/aromatic N) is 2. The van der Waals surface area contributed by atoms with Crippen LogP contribution in [-0.2, 0) is 6.42 Å². The van der Waals surface area contributed by atoms with E-state index in [1.165, 1.54) is 0 Å². The minimum absolute atomic E-state index is 0.0893. The summed E-state index contributed by atoms with van der Waals surface area (Å²) in [6.45, 7) is 1.97. The molecule has 0 saturated heterocycles. The Morgan fingerprint density at radius 2 is 2.33 bits per heavy atom. The molecule has 0 spiro atoms. The molecule has 0 fully saturated rings. The van der Waals surface area contributed by atoms with Crippen LogP contribution in [-0.4, -0.2) is 14.5 Å². The van der Waals surface area contributed by atoms with E-state index in [4.69, 9.17) is 0 Å². The van der Waals surface area contributed by atoms with Crippen molar-refractivity contribution < 1.29 is 4.79 Å². The van der Waals surface area contributed by atoms with Crippen LogP contribution in [0.1, 0.15) is 21.6 Å². The van der Waals surface area contributed by atoms with Crippen LogP contribution in [0, 0.1) is 6.92 Å². The van der Waals surface area contributed by atoms with Crippen molar-refractivity contribution in [1.82, 2.24) is 8.75 Å². The summed E-state index contributed by atoms with van der Waals surface area (Å²) in [5.41, 5.74) is 2.58. The Bertz CT molecular complexity index is 465. The molecule has 1 aromatic carbocycles. The number of hydrogen-bond acceptors (Lipinski definition) is 4. The summed E-state index contributed by atoms with van der Waals surface area (Å²) in [5, 5.41) is 0. The van der Waals surface area contributed by atoms with Gasteiger partial charge in [0.15, 0.2) is 5.78 Å². The van der Waals surface area contributed by atoms with Crippen molar-refractivity contribution in [2.45, 2.75) is 13.3 Å². The van der Waals surface area contributed by atoms with E-state index in [1.807, 2.05) is 31.2 Å². The average Bonchev–Trinajstić information content (AvgIpc) is 2.70. The molecule has 0 radical (unpaired) electrons. The SMILES string of the molecule is Cc1cccc(C(=O)Cc2cnsn2)c1. The second kappa shape index (κ2) is 4.31. The third-order valence-electron chi connectivity index (χ3n) is 2.09. The average molecular weight is 218 g/mol. The van der Waals surface area contributed by atoms with Gasteiger partial charge in [0.2, 0.25) is 0 Å². The van der Waals surface area contributed by atoms with Crippen molar-refractivity contribution in [1.29, 1.82) is 0 Å². The molecule has 0 bridgehead atoms. The van der Waals surface area contributed by atoms with Crippen molar-refractivity contribution in [2.75, 3.05) is 0 Å². The zero-order valence-corrected chi connectivity index (χ0v) is 9.12. The Labute approximate surface area is 92.1 Å². The fourth-order valence-electron chi connectivity index (χ4n) is 1.35. The molecular formula is C11H10N2OS. The van der Waals surface area contributed by atoms with Crippen LogP contribution in [0.25, 0.3) is 0 Å². The van der Waals surface area contributed by atoms with Gasteiger partial charge >= 0.3 is 0 Å². The lowest BCUT2D eigenvalue weighted by Crippen LogP contribution is -2.03. The number of carbonyl (C=O) groups excluding carboxylic acids is 1. The number of Topliss-reactive ketones (excluding diaryl/α,β-unsaturated/α-hetero) is 1. The lowest BCUT2D eigenvalue weighted by Gasteiger charge is -1.99. The standard InChI is InChI=1S/C11H10N2OS/c1-8-3-2-4-9(5-8)11(14)6-10-7-12-15-13-10/h2-5,7H,6H2,1H3. The number of aromatic nitrogens is 2. The van der Waals surface area contributed by atoms with Gasteiger partial charge < -0.3 is 0 Å². The van der Waals surface area contributed by atoms with E-state index >= 15 is 0 Å². The van der Waals surface area contributed by atoms with Crippen LogP contribution in [0.15, 0.2) is 30.5 Å². The fourth-order valence-corrected chi connectivity index (χ4v) is 1.78. The summed E-state index contributed by atoms with van der Waals surface area (Å²) in [6.07, 6.45) is 1.97. The second-order valence-corrected chi connectivity index (χ2v) is 3.92. The Hall–Kier alpha value is -1.55. The van der Waals surface area contributed by atoms with Gasteiger partial charge in [0, 0.05) is 5.56 Å². The lowest BCUT2D eigenvalue weighted by atomic mass is 10.0. The van der Waals surface area contributed by atoms with Crippen molar-refractivity contribution in [2.24, 2.45) is 0 Å². The highest BCUT2D eigenvalue weighted by Gasteiger charge is 2.08. The zero-order valence-electron chi connectivity index (χ0n) is 8.30. The predicted octanol–water partition coefficient (Wildman–Crippen LogP) is 2.27. The Morgan fingerprint density at radius 3 is 3.00 bits per heavy atom. The molecule has 2 rings (SSSR count). The van der Waals surface area contributed by atoms with Gasteiger partial charge in [-0.1, -0.05) is 23.8 Å². The summed E-state index contributed by atoms with van der Waals surface area (Å²) in [6, 6.07) is 7.58.